The number of carbonyl (C=O) groups is 1. The normalized spacial score (nSPS) is 13.3. The van der Waals surface area contributed by atoms with Crippen molar-refractivity contribution in [1.29, 1.82) is 0 Å². The minimum absolute atomic E-state index is 0.0807. The summed E-state index contributed by atoms with van der Waals surface area (Å²) in [4.78, 5) is 24.2. The van der Waals surface area contributed by atoms with Crippen LogP contribution in [0.4, 0.5) is 17.3 Å². The van der Waals surface area contributed by atoms with Crippen LogP contribution in [0.5, 0.6) is 0 Å². The molecule has 0 fully saturated rings. The standard InChI is InChI=1S/C24H26N4O/c1-16(2)19-11-5-6-12-20(19)26-24-25-17(3)15-21(27-24)23(29)28-14-8-10-18-9-4-7-13-22(18)28/h4-7,9,11-13,15-16H,8,10,14H2,1-3H3,(H,25,26,27). The maximum absolute atomic E-state index is 13.3. The fraction of sp³-hybridized carbons (Fsp3) is 0.292. The largest absolute Gasteiger partial charge is 0.324 e. The van der Waals surface area contributed by atoms with E-state index in [4.69, 9.17) is 0 Å². The highest BCUT2D eigenvalue weighted by atomic mass is 16.2. The number of para-hydroxylation sites is 2. The van der Waals surface area contributed by atoms with Crippen LogP contribution < -0.4 is 10.2 Å². The Morgan fingerprint density at radius 1 is 1.07 bits per heavy atom. The fourth-order valence-corrected chi connectivity index (χ4v) is 3.85. The minimum Gasteiger partial charge on any atom is -0.324 e. The Morgan fingerprint density at radius 2 is 1.83 bits per heavy atom. The van der Waals surface area contributed by atoms with Crippen LogP contribution >= 0.6 is 0 Å². The molecule has 2 heterocycles. The molecule has 1 aromatic heterocycles. The Bertz CT molecular complexity index is 1040. The molecule has 0 aliphatic carbocycles. The molecule has 2 aromatic carbocycles. The number of benzene rings is 2. The van der Waals surface area contributed by atoms with Crippen LogP contribution in [0.3, 0.4) is 0 Å². The Kier molecular flexibility index (Phi) is 5.30. The average Bonchev–Trinajstić information content (AvgIpc) is 2.72. The lowest BCUT2D eigenvalue weighted by molar-refractivity contribution is 0.0980. The topological polar surface area (TPSA) is 58.1 Å². The summed E-state index contributed by atoms with van der Waals surface area (Å²) in [5.41, 5.74) is 5.53. The van der Waals surface area contributed by atoms with Crippen molar-refractivity contribution in [3.8, 4) is 0 Å². The molecule has 1 aliphatic rings. The summed E-state index contributed by atoms with van der Waals surface area (Å²) in [5.74, 6) is 0.740. The van der Waals surface area contributed by atoms with Crippen LogP contribution in [-0.2, 0) is 6.42 Å². The molecule has 0 radical (unpaired) electrons. The van der Waals surface area contributed by atoms with Crippen LogP contribution in [0.25, 0.3) is 0 Å². The van der Waals surface area contributed by atoms with Crippen LogP contribution in [0.2, 0.25) is 0 Å². The van der Waals surface area contributed by atoms with Gasteiger partial charge >= 0.3 is 0 Å². The summed E-state index contributed by atoms with van der Waals surface area (Å²) < 4.78 is 0. The number of nitrogens with one attached hydrogen (secondary N) is 1. The molecule has 1 N–H and O–H groups in total. The lowest BCUT2D eigenvalue weighted by Gasteiger charge is -2.29. The van der Waals surface area contributed by atoms with Crippen molar-refractivity contribution in [2.75, 3.05) is 16.8 Å². The summed E-state index contributed by atoms with van der Waals surface area (Å²) >= 11 is 0. The highest BCUT2D eigenvalue weighted by Gasteiger charge is 2.25. The molecule has 0 bridgehead atoms. The van der Waals surface area contributed by atoms with Gasteiger partial charge in [-0.2, -0.15) is 0 Å². The summed E-state index contributed by atoms with van der Waals surface area (Å²) in [6.45, 7) is 6.90. The van der Waals surface area contributed by atoms with E-state index < -0.39 is 0 Å². The molecular weight excluding hydrogens is 360 g/mol. The lowest BCUT2D eigenvalue weighted by atomic mass is 10.0. The molecule has 148 valence electrons. The first-order chi connectivity index (χ1) is 14.0. The lowest BCUT2D eigenvalue weighted by Crippen LogP contribution is -2.36. The van der Waals surface area contributed by atoms with E-state index in [2.05, 4.69) is 41.3 Å². The van der Waals surface area contributed by atoms with Gasteiger partial charge in [-0.1, -0.05) is 50.2 Å². The SMILES string of the molecule is Cc1cc(C(=O)N2CCCc3ccccc32)nc(Nc2ccccc2C(C)C)n1. The van der Waals surface area contributed by atoms with E-state index in [1.165, 1.54) is 11.1 Å². The highest BCUT2D eigenvalue weighted by Crippen LogP contribution is 2.29. The summed E-state index contributed by atoms with van der Waals surface area (Å²) in [7, 11) is 0. The summed E-state index contributed by atoms with van der Waals surface area (Å²) in [5, 5.41) is 3.32. The molecule has 3 aromatic rings. The van der Waals surface area contributed by atoms with Gasteiger partial charge in [-0.15, -0.1) is 0 Å². The minimum atomic E-state index is -0.0807. The highest BCUT2D eigenvalue weighted by molar-refractivity contribution is 6.05. The van der Waals surface area contributed by atoms with E-state index in [1.54, 1.807) is 6.07 Å². The van der Waals surface area contributed by atoms with Gasteiger partial charge in [0, 0.05) is 23.6 Å². The molecule has 5 nitrogen and oxygen atoms in total. The number of hydrogen-bond acceptors (Lipinski definition) is 4. The van der Waals surface area contributed by atoms with Gasteiger partial charge in [0.2, 0.25) is 5.95 Å². The van der Waals surface area contributed by atoms with Crippen LogP contribution in [0.1, 0.15) is 53.5 Å². The maximum atomic E-state index is 13.3. The van der Waals surface area contributed by atoms with Crippen molar-refractivity contribution in [2.45, 2.75) is 39.5 Å². The van der Waals surface area contributed by atoms with Crippen molar-refractivity contribution >= 4 is 23.2 Å². The van der Waals surface area contributed by atoms with Gasteiger partial charge in [0.15, 0.2) is 0 Å². The molecule has 0 spiro atoms. The third kappa shape index (κ3) is 3.99. The van der Waals surface area contributed by atoms with Gasteiger partial charge < -0.3 is 10.2 Å². The molecule has 29 heavy (non-hydrogen) atoms. The van der Waals surface area contributed by atoms with E-state index in [-0.39, 0.29) is 5.91 Å². The quantitative estimate of drug-likeness (QED) is 0.666. The van der Waals surface area contributed by atoms with Gasteiger partial charge in [-0.3, -0.25) is 4.79 Å². The van der Waals surface area contributed by atoms with Crippen molar-refractivity contribution in [3.63, 3.8) is 0 Å². The molecule has 1 aliphatic heterocycles. The molecule has 4 rings (SSSR count). The van der Waals surface area contributed by atoms with Crippen molar-refractivity contribution < 1.29 is 4.79 Å². The first-order valence-electron chi connectivity index (χ1n) is 10.1. The third-order valence-corrected chi connectivity index (χ3v) is 5.26. The zero-order valence-electron chi connectivity index (χ0n) is 17.1. The third-order valence-electron chi connectivity index (χ3n) is 5.26. The molecule has 0 atom stereocenters. The monoisotopic (exact) mass is 386 g/mol. The molecular formula is C24H26N4O. The number of aryl methyl sites for hydroxylation is 2. The number of carbonyl (C=O) groups excluding carboxylic acids is 1. The molecule has 0 saturated heterocycles. The van der Waals surface area contributed by atoms with Crippen molar-refractivity contribution in [2.24, 2.45) is 0 Å². The van der Waals surface area contributed by atoms with Gasteiger partial charge in [0.25, 0.3) is 5.91 Å². The number of aromatic nitrogens is 2. The summed E-state index contributed by atoms with van der Waals surface area (Å²) in [6, 6.07) is 18.0. The van der Waals surface area contributed by atoms with E-state index >= 15 is 0 Å². The maximum Gasteiger partial charge on any atom is 0.277 e. The zero-order chi connectivity index (χ0) is 20.4. The average molecular weight is 386 g/mol. The Balaban J connectivity index is 1.66. The van der Waals surface area contributed by atoms with E-state index in [0.29, 0.717) is 24.1 Å². The number of nitrogens with zero attached hydrogens (tertiary/aromatic N) is 3. The Labute approximate surface area is 171 Å². The number of hydrogen-bond donors (Lipinski definition) is 1. The smallest absolute Gasteiger partial charge is 0.277 e. The molecule has 0 saturated carbocycles. The van der Waals surface area contributed by atoms with Crippen molar-refractivity contribution in [3.05, 3.63) is 77.1 Å². The van der Waals surface area contributed by atoms with E-state index in [9.17, 15) is 4.79 Å². The number of rotatable bonds is 4. The zero-order valence-corrected chi connectivity index (χ0v) is 17.1. The van der Waals surface area contributed by atoms with Gasteiger partial charge in [-0.25, -0.2) is 9.97 Å². The number of fused-ring (bicyclic) bond motifs is 1. The fourth-order valence-electron chi connectivity index (χ4n) is 3.85. The molecule has 0 unspecified atom stereocenters. The van der Waals surface area contributed by atoms with Crippen LogP contribution in [0.15, 0.2) is 54.6 Å². The first kappa shape index (κ1) is 19.1. The summed E-state index contributed by atoms with van der Waals surface area (Å²) in [6.07, 6.45) is 1.96. The second-order valence-corrected chi connectivity index (χ2v) is 7.77. The van der Waals surface area contributed by atoms with E-state index in [1.807, 2.05) is 48.2 Å². The second kappa shape index (κ2) is 8.03. The van der Waals surface area contributed by atoms with E-state index in [0.717, 1.165) is 29.9 Å². The number of amides is 1. The second-order valence-electron chi connectivity index (χ2n) is 7.77. The Hall–Kier alpha value is -3.21. The van der Waals surface area contributed by atoms with Gasteiger partial charge in [0.05, 0.1) is 0 Å². The van der Waals surface area contributed by atoms with Gasteiger partial charge in [0.1, 0.15) is 5.69 Å². The predicted octanol–water partition coefficient (Wildman–Crippen LogP) is 5.25. The predicted molar refractivity (Wildman–Crippen MR) is 117 cm³/mol. The Morgan fingerprint density at radius 3 is 2.66 bits per heavy atom. The first-order valence-corrected chi connectivity index (χ1v) is 10.1. The van der Waals surface area contributed by atoms with Crippen LogP contribution in [0, 0.1) is 6.92 Å². The van der Waals surface area contributed by atoms with Crippen molar-refractivity contribution in [1.82, 2.24) is 9.97 Å². The number of anilines is 3. The van der Waals surface area contributed by atoms with Gasteiger partial charge in [-0.05, 0) is 55.0 Å². The molecule has 5 heteroatoms. The van der Waals surface area contributed by atoms with Crippen LogP contribution in [-0.4, -0.2) is 22.4 Å². The molecule has 1 amide bonds.